The Labute approximate surface area is 125 Å². The number of nitrogens with zero attached hydrogens (tertiary/aromatic N) is 3. The molecule has 1 saturated carbocycles. The Morgan fingerprint density at radius 2 is 2.10 bits per heavy atom. The Balaban J connectivity index is 1.49. The normalized spacial score (nSPS) is 20.8. The summed E-state index contributed by atoms with van der Waals surface area (Å²) in [6.07, 6.45) is 7.15. The molecule has 0 radical (unpaired) electrons. The lowest BCUT2D eigenvalue weighted by Gasteiger charge is -2.26. The first-order valence-electron chi connectivity index (χ1n) is 7.96. The number of carbonyl (C=O) groups excluding carboxylic acids is 1. The molecule has 1 aliphatic carbocycles. The maximum atomic E-state index is 12.1. The van der Waals surface area contributed by atoms with Gasteiger partial charge in [-0.1, -0.05) is 12.8 Å². The highest BCUT2D eigenvalue weighted by atomic mass is 16.5. The fourth-order valence-corrected chi connectivity index (χ4v) is 3.14. The highest BCUT2D eigenvalue weighted by molar-refractivity contribution is 5.89. The molecule has 1 saturated heterocycles. The molecule has 6 heteroatoms. The molecule has 2 heterocycles. The van der Waals surface area contributed by atoms with E-state index in [4.69, 9.17) is 4.74 Å². The van der Waals surface area contributed by atoms with Crippen molar-refractivity contribution >= 4 is 11.7 Å². The molecule has 1 N–H and O–H groups in total. The molecule has 21 heavy (non-hydrogen) atoms. The molecule has 0 unspecified atom stereocenters. The van der Waals surface area contributed by atoms with Gasteiger partial charge in [0.05, 0.1) is 25.5 Å². The topological polar surface area (TPSA) is 59.4 Å². The average Bonchev–Trinajstić information content (AvgIpc) is 3.17. The lowest BCUT2D eigenvalue weighted by molar-refractivity contribution is -0.116. The van der Waals surface area contributed by atoms with Crippen LogP contribution in [0.4, 0.5) is 5.82 Å². The van der Waals surface area contributed by atoms with Crippen molar-refractivity contribution in [3.63, 3.8) is 0 Å². The monoisotopic (exact) mass is 292 g/mol. The second-order valence-corrected chi connectivity index (χ2v) is 5.85. The Kier molecular flexibility index (Phi) is 4.87. The van der Waals surface area contributed by atoms with Crippen molar-refractivity contribution in [2.75, 3.05) is 38.2 Å². The largest absolute Gasteiger partial charge is 0.379 e. The van der Waals surface area contributed by atoms with E-state index in [1.165, 1.54) is 25.7 Å². The van der Waals surface area contributed by atoms with Crippen LogP contribution in [0.25, 0.3) is 0 Å². The van der Waals surface area contributed by atoms with Gasteiger partial charge in [0.25, 0.3) is 0 Å². The van der Waals surface area contributed by atoms with Gasteiger partial charge < -0.3 is 10.1 Å². The highest BCUT2D eigenvalue weighted by Crippen LogP contribution is 2.31. The van der Waals surface area contributed by atoms with E-state index >= 15 is 0 Å². The summed E-state index contributed by atoms with van der Waals surface area (Å²) < 4.78 is 7.30. The third-order valence-corrected chi connectivity index (χ3v) is 4.37. The fourth-order valence-electron chi connectivity index (χ4n) is 3.14. The zero-order chi connectivity index (χ0) is 14.5. The number of hydrogen-bond acceptors (Lipinski definition) is 4. The molecule has 6 nitrogen and oxygen atoms in total. The summed E-state index contributed by atoms with van der Waals surface area (Å²) in [5.41, 5.74) is 0. The van der Waals surface area contributed by atoms with Crippen LogP contribution in [0.5, 0.6) is 0 Å². The molecule has 2 fully saturated rings. The van der Waals surface area contributed by atoms with E-state index < -0.39 is 0 Å². The molecule has 1 aliphatic heterocycles. The van der Waals surface area contributed by atoms with E-state index in [-0.39, 0.29) is 5.91 Å². The predicted molar refractivity (Wildman–Crippen MR) is 80.2 cm³/mol. The van der Waals surface area contributed by atoms with Crippen LogP contribution in [0.3, 0.4) is 0 Å². The van der Waals surface area contributed by atoms with Crippen LogP contribution in [-0.4, -0.2) is 53.4 Å². The minimum absolute atomic E-state index is 0.0706. The van der Waals surface area contributed by atoms with E-state index in [2.05, 4.69) is 15.3 Å². The van der Waals surface area contributed by atoms with Crippen LogP contribution >= 0.6 is 0 Å². The van der Waals surface area contributed by atoms with Crippen molar-refractivity contribution < 1.29 is 9.53 Å². The van der Waals surface area contributed by atoms with Gasteiger partial charge in [0.1, 0.15) is 5.82 Å². The maximum Gasteiger partial charge on any atom is 0.226 e. The van der Waals surface area contributed by atoms with Crippen molar-refractivity contribution in [2.45, 2.75) is 38.1 Å². The van der Waals surface area contributed by atoms with Gasteiger partial charge in [0.2, 0.25) is 5.91 Å². The van der Waals surface area contributed by atoms with Gasteiger partial charge in [-0.15, -0.1) is 0 Å². The van der Waals surface area contributed by atoms with Gasteiger partial charge in [0.15, 0.2) is 0 Å². The van der Waals surface area contributed by atoms with Gasteiger partial charge in [-0.25, -0.2) is 4.68 Å². The first-order chi connectivity index (χ1) is 10.3. The van der Waals surface area contributed by atoms with Gasteiger partial charge in [-0.3, -0.25) is 9.69 Å². The van der Waals surface area contributed by atoms with Gasteiger partial charge in [-0.2, -0.15) is 5.10 Å². The number of ether oxygens (including phenoxy) is 1. The van der Waals surface area contributed by atoms with Crippen LogP contribution < -0.4 is 5.32 Å². The molecule has 1 aromatic rings. The Morgan fingerprint density at radius 1 is 1.33 bits per heavy atom. The summed E-state index contributed by atoms with van der Waals surface area (Å²) in [6.45, 7) is 4.19. The van der Waals surface area contributed by atoms with Crippen molar-refractivity contribution in [3.05, 3.63) is 12.3 Å². The summed E-state index contributed by atoms with van der Waals surface area (Å²) in [5, 5.41) is 7.39. The zero-order valence-corrected chi connectivity index (χ0v) is 12.5. The third kappa shape index (κ3) is 3.83. The van der Waals surface area contributed by atoms with E-state index in [1.807, 2.05) is 10.7 Å². The number of aromatic nitrogens is 2. The second-order valence-electron chi connectivity index (χ2n) is 5.85. The number of anilines is 1. The molecule has 0 aromatic carbocycles. The van der Waals surface area contributed by atoms with E-state index in [0.717, 1.165) is 38.7 Å². The summed E-state index contributed by atoms with van der Waals surface area (Å²) >= 11 is 0. The first kappa shape index (κ1) is 14.5. The van der Waals surface area contributed by atoms with Gasteiger partial charge >= 0.3 is 0 Å². The molecule has 116 valence electrons. The van der Waals surface area contributed by atoms with E-state index in [1.54, 1.807) is 6.20 Å². The van der Waals surface area contributed by atoms with Crippen LogP contribution in [0.15, 0.2) is 12.3 Å². The quantitative estimate of drug-likeness (QED) is 0.896. The SMILES string of the molecule is O=C(CCN1CCOCC1)Nc1ccnn1C1CCCC1. The highest BCUT2D eigenvalue weighted by Gasteiger charge is 2.20. The Bertz CT molecular complexity index is 462. The molecule has 0 spiro atoms. The molecule has 2 aliphatic rings. The molecule has 0 atom stereocenters. The smallest absolute Gasteiger partial charge is 0.226 e. The molecular weight excluding hydrogens is 268 g/mol. The number of rotatable bonds is 5. The van der Waals surface area contributed by atoms with E-state index in [9.17, 15) is 4.79 Å². The van der Waals surface area contributed by atoms with Crippen molar-refractivity contribution in [1.82, 2.24) is 14.7 Å². The molecular formula is C15H24N4O2. The lowest BCUT2D eigenvalue weighted by atomic mass is 10.2. The number of carbonyl (C=O) groups is 1. The van der Waals surface area contributed by atoms with Gasteiger partial charge in [0, 0.05) is 32.1 Å². The molecule has 1 aromatic heterocycles. The first-order valence-corrected chi connectivity index (χ1v) is 7.96. The summed E-state index contributed by atoms with van der Waals surface area (Å²) in [7, 11) is 0. The zero-order valence-electron chi connectivity index (χ0n) is 12.5. The van der Waals surface area contributed by atoms with Crippen molar-refractivity contribution in [3.8, 4) is 0 Å². The summed E-state index contributed by atoms with van der Waals surface area (Å²) in [5.74, 6) is 0.912. The number of nitrogens with one attached hydrogen (secondary N) is 1. The van der Waals surface area contributed by atoms with E-state index in [0.29, 0.717) is 12.5 Å². The maximum absolute atomic E-state index is 12.1. The van der Waals surface area contributed by atoms with Gasteiger partial charge in [-0.05, 0) is 12.8 Å². The fraction of sp³-hybridized carbons (Fsp3) is 0.733. The van der Waals surface area contributed by atoms with Crippen LogP contribution in [0.1, 0.15) is 38.1 Å². The minimum atomic E-state index is 0.0706. The number of amides is 1. The van der Waals surface area contributed by atoms with Crippen LogP contribution in [-0.2, 0) is 9.53 Å². The standard InChI is InChI=1S/C15H24N4O2/c20-15(6-8-18-9-11-21-12-10-18)17-14-5-7-16-19(14)13-3-1-2-4-13/h5,7,13H,1-4,6,8-12H2,(H,17,20). The Morgan fingerprint density at radius 3 is 2.86 bits per heavy atom. The molecule has 3 rings (SSSR count). The minimum Gasteiger partial charge on any atom is -0.379 e. The van der Waals surface area contributed by atoms with Crippen molar-refractivity contribution in [1.29, 1.82) is 0 Å². The molecule has 0 bridgehead atoms. The van der Waals surface area contributed by atoms with Crippen molar-refractivity contribution in [2.24, 2.45) is 0 Å². The number of hydrogen-bond donors (Lipinski definition) is 1. The summed E-state index contributed by atoms with van der Waals surface area (Å²) in [4.78, 5) is 14.4. The Hall–Kier alpha value is -1.40. The second kappa shape index (κ2) is 7.04. The van der Waals surface area contributed by atoms with Crippen LogP contribution in [0, 0.1) is 0 Å². The predicted octanol–water partition coefficient (Wildman–Crippen LogP) is 1.66. The third-order valence-electron chi connectivity index (χ3n) is 4.37. The number of morpholine rings is 1. The molecule has 1 amide bonds. The average molecular weight is 292 g/mol. The lowest BCUT2D eigenvalue weighted by Crippen LogP contribution is -2.38. The summed E-state index contributed by atoms with van der Waals surface area (Å²) in [6, 6.07) is 2.35. The van der Waals surface area contributed by atoms with Crippen LogP contribution in [0.2, 0.25) is 0 Å².